The van der Waals surface area contributed by atoms with E-state index < -0.39 is 0 Å². The van der Waals surface area contributed by atoms with Crippen LogP contribution in [0.1, 0.15) is 56.6 Å². The van der Waals surface area contributed by atoms with Crippen LogP contribution in [-0.2, 0) is 4.79 Å². The summed E-state index contributed by atoms with van der Waals surface area (Å²) in [5.41, 5.74) is 3.67. The molecular formula is C16H20O. The van der Waals surface area contributed by atoms with E-state index in [1.807, 2.05) is 6.92 Å². The van der Waals surface area contributed by atoms with Gasteiger partial charge < -0.3 is 0 Å². The van der Waals surface area contributed by atoms with Crippen LogP contribution >= 0.6 is 0 Å². The Morgan fingerprint density at radius 2 is 1.71 bits per heavy atom. The second kappa shape index (κ2) is 5.31. The molecule has 0 N–H and O–H groups in total. The first-order chi connectivity index (χ1) is 8.16. The highest BCUT2D eigenvalue weighted by Crippen LogP contribution is 2.34. The molecule has 0 amide bonds. The predicted molar refractivity (Wildman–Crippen MR) is 72.0 cm³/mol. The van der Waals surface area contributed by atoms with Crippen LogP contribution in [0.3, 0.4) is 0 Å². The molecule has 0 aliphatic heterocycles. The third-order valence-corrected chi connectivity index (χ3v) is 3.61. The summed E-state index contributed by atoms with van der Waals surface area (Å²) < 4.78 is 0. The zero-order valence-corrected chi connectivity index (χ0v) is 10.7. The van der Waals surface area contributed by atoms with E-state index in [9.17, 15) is 4.79 Å². The van der Waals surface area contributed by atoms with E-state index in [4.69, 9.17) is 0 Å². The van der Waals surface area contributed by atoms with Crippen molar-refractivity contribution in [2.45, 2.75) is 45.4 Å². The number of carbonyl (C=O) groups excluding carboxylic acids is 1. The lowest BCUT2D eigenvalue weighted by Crippen LogP contribution is -1.92. The molecule has 1 aromatic rings. The van der Waals surface area contributed by atoms with Gasteiger partial charge in [0.05, 0.1) is 0 Å². The second-order valence-corrected chi connectivity index (χ2v) is 5.04. The van der Waals surface area contributed by atoms with Crippen molar-refractivity contribution in [1.29, 1.82) is 0 Å². The zero-order valence-electron chi connectivity index (χ0n) is 10.7. The number of rotatable bonds is 3. The number of allylic oxidation sites excluding steroid dienone is 2. The van der Waals surface area contributed by atoms with E-state index in [1.165, 1.54) is 31.2 Å². The first-order valence-electron chi connectivity index (χ1n) is 6.46. The van der Waals surface area contributed by atoms with Crippen LogP contribution in [0.2, 0.25) is 0 Å². The monoisotopic (exact) mass is 228 g/mol. The largest absolute Gasteiger partial charge is 0.295 e. The molecule has 1 aliphatic carbocycles. The van der Waals surface area contributed by atoms with Crippen molar-refractivity contribution < 1.29 is 4.79 Å². The molecule has 17 heavy (non-hydrogen) atoms. The molecule has 0 bridgehead atoms. The summed E-state index contributed by atoms with van der Waals surface area (Å²) in [6.07, 6.45) is 7.11. The minimum absolute atomic E-state index is 0.113. The zero-order chi connectivity index (χ0) is 12.3. The van der Waals surface area contributed by atoms with Gasteiger partial charge in [-0.3, -0.25) is 4.79 Å². The fourth-order valence-electron chi connectivity index (χ4n) is 2.67. The van der Waals surface area contributed by atoms with Crippen molar-refractivity contribution in [3.8, 4) is 0 Å². The Labute approximate surface area is 104 Å². The highest BCUT2D eigenvalue weighted by atomic mass is 16.1. The van der Waals surface area contributed by atoms with Gasteiger partial charge in [0.2, 0.25) is 0 Å². The number of benzene rings is 1. The Hall–Kier alpha value is -1.37. The van der Waals surface area contributed by atoms with Crippen LogP contribution in [-0.4, -0.2) is 5.78 Å². The maximum absolute atomic E-state index is 11.0. The second-order valence-electron chi connectivity index (χ2n) is 5.04. The Kier molecular flexibility index (Phi) is 3.78. The Morgan fingerprint density at radius 1 is 1.12 bits per heavy atom. The summed E-state index contributed by atoms with van der Waals surface area (Å²) in [5.74, 6) is 0.878. The Balaban J connectivity index is 2.15. The van der Waals surface area contributed by atoms with Crippen molar-refractivity contribution in [2.24, 2.45) is 0 Å². The molecule has 1 aromatic carbocycles. The van der Waals surface area contributed by atoms with Gasteiger partial charge in [0.1, 0.15) is 0 Å². The van der Waals surface area contributed by atoms with Crippen molar-refractivity contribution in [3.63, 3.8) is 0 Å². The molecule has 0 spiro atoms. The van der Waals surface area contributed by atoms with Gasteiger partial charge in [-0.2, -0.15) is 0 Å². The molecule has 0 aromatic heterocycles. The molecule has 1 saturated carbocycles. The third kappa shape index (κ3) is 3.06. The summed E-state index contributed by atoms with van der Waals surface area (Å²) in [6.45, 7) is 3.59. The smallest absolute Gasteiger partial charge is 0.152 e. The van der Waals surface area contributed by atoms with E-state index in [0.29, 0.717) is 0 Å². The van der Waals surface area contributed by atoms with Crippen molar-refractivity contribution in [1.82, 2.24) is 0 Å². The molecule has 1 nitrogen and oxygen atoms in total. The van der Waals surface area contributed by atoms with Gasteiger partial charge in [0, 0.05) is 0 Å². The molecule has 0 unspecified atom stereocenters. The first-order valence-corrected chi connectivity index (χ1v) is 6.46. The predicted octanol–water partition coefficient (Wildman–Crippen LogP) is 4.34. The molecule has 1 heteroatoms. The summed E-state index contributed by atoms with van der Waals surface area (Å²) in [6, 6.07) is 8.73. The molecule has 0 saturated heterocycles. The third-order valence-electron chi connectivity index (χ3n) is 3.61. The summed E-state index contributed by atoms with van der Waals surface area (Å²) >= 11 is 0. The van der Waals surface area contributed by atoms with Crippen LogP contribution in [0.5, 0.6) is 0 Å². The van der Waals surface area contributed by atoms with Gasteiger partial charge in [-0.25, -0.2) is 0 Å². The van der Waals surface area contributed by atoms with Crippen molar-refractivity contribution in [3.05, 3.63) is 41.5 Å². The van der Waals surface area contributed by atoms with Crippen LogP contribution in [0.15, 0.2) is 30.3 Å². The topological polar surface area (TPSA) is 17.1 Å². The highest BCUT2D eigenvalue weighted by Gasteiger charge is 2.16. The maximum atomic E-state index is 11.0. The minimum Gasteiger partial charge on any atom is -0.295 e. The SMILES string of the molecule is CC(=O)C=C(C)c1ccc(C2CCCC2)cc1. The lowest BCUT2D eigenvalue weighted by atomic mass is 9.95. The fourth-order valence-corrected chi connectivity index (χ4v) is 2.67. The lowest BCUT2D eigenvalue weighted by molar-refractivity contribution is -0.112. The lowest BCUT2D eigenvalue weighted by Gasteiger charge is -2.10. The van der Waals surface area contributed by atoms with E-state index in [-0.39, 0.29) is 5.78 Å². The van der Waals surface area contributed by atoms with Crippen LogP contribution < -0.4 is 0 Å². The molecule has 1 fully saturated rings. The quantitative estimate of drug-likeness (QED) is 0.703. The van der Waals surface area contributed by atoms with Gasteiger partial charge in [0.25, 0.3) is 0 Å². The normalized spacial score (nSPS) is 17.4. The Bertz CT molecular complexity index is 419. The van der Waals surface area contributed by atoms with Crippen LogP contribution in [0, 0.1) is 0 Å². The molecule has 90 valence electrons. The standard InChI is InChI=1S/C16H20O/c1-12(11-13(2)17)14-7-9-16(10-8-14)15-5-3-4-6-15/h7-11,15H,3-6H2,1-2H3. The fraction of sp³-hybridized carbons (Fsp3) is 0.438. The number of ketones is 1. The summed E-state index contributed by atoms with van der Waals surface area (Å²) in [4.78, 5) is 11.0. The van der Waals surface area contributed by atoms with Crippen LogP contribution in [0.25, 0.3) is 5.57 Å². The Morgan fingerprint density at radius 3 is 2.24 bits per heavy atom. The number of hydrogen-bond donors (Lipinski definition) is 0. The van der Waals surface area contributed by atoms with Crippen molar-refractivity contribution in [2.75, 3.05) is 0 Å². The van der Waals surface area contributed by atoms with Gasteiger partial charge in [0.15, 0.2) is 5.78 Å². The molecule has 0 atom stereocenters. The molecule has 1 aliphatic rings. The number of hydrogen-bond acceptors (Lipinski definition) is 1. The average Bonchev–Trinajstić information content (AvgIpc) is 2.82. The van der Waals surface area contributed by atoms with E-state index >= 15 is 0 Å². The molecule has 0 heterocycles. The first kappa shape index (κ1) is 12.1. The van der Waals surface area contributed by atoms with Crippen molar-refractivity contribution >= 4 is 11.4 Å². The van der Waals surface area contributed by atoms with Gasteiger partial charge in [-0.15, -0.1) is 0 Å². The average molecular weight is 228 g/mol. The molecule has 0 radical (unpaired) electrons. The highest BCUT2D eigenvalue weighted by molar-refractivity contribution is 5.94. The molecular weight excluding hydrogens is 208 g/mol. The number of carbonyl (C=O) groups is 1. The van der Waals surface area contributed by atoms with E-state index in [2.05, 4.69) is 24.3 Å². The van der Waals surface area contributed by atoms with E-state index in [1.54, 1.807) is 13.0 Å². The van der Waals surface area contributed by atoms with Gasteiger partial charge in [-0.1, -0.05) is 37.1 Å². The molecule has 2 rings (SSSR count). The summed E-state index contributed by atoms with van der Waals surface area (Å²) in [7, 11) is 0. The minimum atomic E-state index is 0.113. The van der Waals surface area contributed by atoms with E-state index in [0.717, 1.165) is 17.1 Å². The van der Waals surface area contributed by atoms with Gasteiger partial charge >= 0.3 is 0 Å². The maximum Gasteiger partial charge on any atom is 0.152 e. The van der Waals surface area contributed by atoms with Gasteiger partial charge in [-0.05, 0) is 55.4 Å². The summed E-state index contributed by atoms with van der Waals surface area (Å²) in [5, 5.41) is 0. The van der Waals surface area contributed by atoms with Crippen LogP contribution in [0.4, 0.5) is 0 Å².